The van der Waals surface area contributed by atoms with Crippen LogP contribution in [0.4, 0.5) is 10.8 Å². The minimum absolute atomic E-state index is 0.353. The highest BCUT2D eigenvalue weighted by Crippen LogP contribution is 2.26. The fourth-order valence-electron chi connectivity index (χ4n) is 1.66. The smallest absolute Gasteiger partial charge is 0.357 e. The molecule has 0 aliphatic rings. The van der Waals surface area contributed by atoms with Gasteiger partial charge in [0.05, 0.1) is 13.7 Å². The average molecular weight is 292 g/mol. The van der Waals surface area contributed by atoms with Crippen LogP contribution in [0.25, 0.3) is 0 Å². The third-order valence-corrected chi connectivity index (χ3v) is 3.48. The van der Waals surface area contributed by atoms with E-state index in [2.05, 4.69) is 15.0 Å². The predicted molar refractivity (Wildman–Crippen MR) is 79.1 cm³/mol. The molecule has 5 nitrogen and oxygen atoms in total. The van der Waals surface area contributed by atoms with Crippen molar-refractivity contribution in [3.8, 4) is 5.75 Å². The number of carbonyl (C=O) groups excluding carboxylic acids is 1. The van der Waals surface area contributed by atoms with E-state index >= 15 is 0 Å². The Labute approximate surface area is 121 Å². The molecule has 0 bridgehead atoms. The van der Waals surface area contributed by atoms with Gasteiger partial charge in [-0.15, -0.1) is 11.3 Å². The van der Waals surface area contributed by atoms with E-state index in [1.807, 2.05) is 38.1 Å². The molecule has 20 heavy (non-hydrogen) atoms. The van der Waals surface area contributed by atoms with Crippen molar-refractivity contribution in [3.05, 3.63) is 34.8 Å². The van der Waals surface area contributed by atoms with E-state index in [9.17, 15) is 4.79 Å². The summed E-state index contributed by atoms with van der Waals surface area (Å²) >= 11 is 1.41. The van der Waals surface area contributed by atoms with Crippen molar-refractivity contribution in [2.24, 2.45) is 0 Å². The molecular formula is C14H16N2O3S. The fourth-order valence-corrected chi connectivity index (χ4v) is 2.48. The predicted octanol–water partition coefficient (Wildman–Crippen LogP) is 3.38. The Bertz CT molecular complexity index is 593. The van der Waals surface area contributed by atoms with Gasteiger partial charge in [0.2, 0.25) is 0 Å². The molecule has 2 rings (SSSR count). The summed E-state index contributed by atoms with van der Waals surface area (Å²) in [6.45, 7) is 4.42. The lowest BCUT2D eigenvalue weighted by Gasteiger charge is -2.05. The number of hydrogen-bond donors (Lipinski definition) is 1. The van der Waals surface area contributed by atoms with E-state index in [1.54, 1.807) is 0 Å². The number of ether oxygens (including phenoxy) is 2. The number of aryl methyl sites for hydroxylation is 1. The van der Waals surface area contributed by atoms with Gasteiger partial charge in [-0.2, -0.15) is 0 Å². The van der Waals surface area contributed by atoms with Crippen LogP contribution in [0.1, 0.15) is 22.3 Å². The van der Waals surface area contributed by atoms with Crippen LogP contribution in [0.5, 0.6) is 5.75 Å². The van der Waals surface area contributed by atoms with Crippen LogP contribution < -0.4 is 10.1 Å². The van der Waals surface area contributed by atoms with Crippen LogP contribution in [-0.4, -0.2) is 24.7 Å². The highest BCUT2D eigenvalue weighted by molar-refractivity contribution is 7.15. The highest BCUT2D eigenvalue weighted by Gasteiger charge is 2.15. The van der Waals surface area contributed by atoms with Crippen molar-refractivity contribution in [1.29, 1.82) is 0 Å². The molecule has 0 aliphatic heterocycles. The number of esters is 1. The quantitative estimate of drug-likeness (QED) is 0.856. The van der Waals surface area contributed by atoms with Crippen LogP contribution in [0.2, 0.25) is 0 Å². The summed E-state index contributed by atoms with van der Waals surface area (Å²) in [5.41, 5.74) is 1.24. The molecule has 1 aromatic carbocycles. The first-order valence-electron chi connectivity index (χ1n) is 6.19. The van der Waals surface area contributed by atoms with Crippen molar-refractivity contribution < 1.29 is 14.3 Å². The van der Waals surface area contributed by atoms with Gasteiger partial charge >= 0.3 is 5.97 Å². The lowest BCUT2D eigenvalue weighted by Crippen LogP contribution is -2.03. The topological polar surface area (TPSA) is 60.5 Å². The van der Waals surface area contributed by atoms with Gasteiger partial charge < -0.3 is 14.8 Å². The molecule has 1 heterocycles. The Hall–Kier alpha value is -2.08. The Kier molecular flexibility index (Phi) is 4.57. The number of thiazole rings is 1. The number of carbonyl (C=O) groups is 1. The third kappa shape index (κ3) is 3.27. The van der Waals surface area contributed by atoms with Gasteiger partial charge in [-0.3, -0.25) is 0 Å². The maximum atomic E-state index is 11.5. The van der Waals surface area contributed by atoms with Gasteiger partial charge in [0.15, 0.2) is 10.8 Å². The third-order valence-electron chi connectivity index (χ3n) is 2.59. The van der Waals surface area contributed by atoms with Gasteiger partial charge in [-0.25, -0.2) is 9.78 Å². The van der Waals surface area contributed by atoms with Crippen LogP contribution >= 0.6 is 11.3 Å². The van der Waals surface area contributed by atoms with Gasteiger partial charge in [0, 0.05) is 10.6 Å². The summed E-state index contributed by atoms with van der Waals surface area (Å²) in [6.07, 6.45) is 0. The SMILES string of the molecule is CCOc1ccc(Nc2nc(C(=O)OC)c(C)s2)cc1. The summed E-state index contributed by atoms with van der Waals surface area (Å²) in [5, 5.41) is 3.82. The first-order chi connectivity index (χ1) is 9.63. The minimum atomic E-state index is -0.418. The second-order valence-electron chi connectivity index (χ2n) is 4.00. The minimum Gasteiger partial charge on any atom is -0.494 e. The summed E-state index contributed by atoms with van der Waals surface area (Å²) in [6, 6.07) is 7.57. The summed E-state index contributed by atoms with van der Waals surface area (Å²) in [7, 11) is 1.35. The van der Waals surface area contributed by atoms with E-state index in [1.165, 1.54) is 18.4 Å². The van der Waals surface area contributed by atoms with Crippen molar-refractivity contribution in [1.82, 2.24) is 4.98 Å². The van der Waals surface area contributed by atoms with Crippen molar-refractivity contribution in [2.45, 2.75) is 13.8 Å². The lowest BCUT2D eigenvalue weighted by atomic mass is 10.3. The standard InChI is InChI=1S/C14H16N2O3S/c1-4-19-11-7-5-10(6-8-11)15-14-16-12(9(2)20-14)13(17)18-3/h5-8H,4H2,1-3H3,(H,15,16). The molecular weight excluding hydrogens is 276 g/mol. The Morgan fingerprint density at radius 2 is 2.05 bits per heavy atom. The molecule has 1 N–H and O–H groups in total. The van der Waals surface area contributed by atoms with E-state index in [4.69, 9.17) is 4.74 Å². The molecule has 6 heteroatoms. The number of benzene rings is 1. The number of anilines is 2. The molecule has 0 fully saturated rings. The Balaban J connectivity index is 2.11. The molecule has 2 aromatic rings. The Morgan fingerprint density at radius 3 is 2.65 bits per heavy atom. The number of hydrogen-bond acceptors (Lipinski definition) is 6. The first-order valence-corrected chi connectivity index (χ1v) is 7.01. The van der Waals surface area contributed by atoms with Crippen LogP contribution in [-0.2, 0) is 4.74 Å². The normalized spacial score (nSPS) is 10.2. The number of aromatic nitrogens is 1. The second kappa shape index (κ2) is 6.38. The first kappa shape index (κ1) is 14.3. The maximum absolute atomic E-state index is 11.5. The highest BCUT2D eigenvalue weighted by atomic mass is 32.1. The summed E-state index contributed by atoms with van der Waals surface area (Å²) in [4.78, 5) is 16.6. The molecule has 0 unspecified atom stereocenters. The maximum Gasteiger partial charge on any atom is 0.357 e. The van der Waals surface area contributed by atoms with E-state index in [0.717, 1.165) is 16.3 Å². The van der Waals surface area contributed by atoms with E-state index in [0.29, 0.717) is 17.4 Å². The lowest BCUT2D eigenvalue weighted by molar-refractivity contribution is 0.0594. The van der Waals surface area contributed by atoms with Crippen molar-refractivity contribution in [2.75, 3.05) is 19.0 Å². The zero-order chi connectivity index (χ0) is 14.5. The fraction of sp³-hybridized carbons (Fsp3) is 0.286. The zero-order valence-corrected chi connectivity index (χ0v) is 12.4. The second-order valence-corrected chi connectivity index (χ2v) is 5.20. The molecule has 1 aromatic heterocycles. The van der Waals surface area contributed by atoms with Gasteiger partial charge in [0.25, 0.3) is 0 Å². The van der Waals surface area contributed by atoms with E-state index in [-0.39, 0.29) is 0 Å². The largest absolute Gasteiger partial charge is 0.494 e. The van der Waals surface area contributed by atoms with Crippen LogP contribution in [0, 0.1) is 6.92 Å². The van der Waals surface area contributed by atoms with Crippen molar-refractivity contribution in [3.63, 3.8) is 0 Å². The van der Waals surface area contributed by atoms with Gasteiger partial charge in [-0.1, -0.05) is 0 Å². The zero-order valence-electron chi connectivity index (χ0n) is 11.6. The number of rotatable bonds is 5. The van der Waals surface area contributed by atoms with Crippen LogP contribution in [0.3, 0.4) is 0 Å². The summed E-state index contributed by atoms with van der Waals surface area (Å²) < 4.78 is 10.1. The molecule has 0 amide bonds. The molecule has 106 valence electrons. The molecule has 0 saturated carbocycles. The number of methoxy groups -OCH3 is 1. The van der Waals surface area contributed by atoms with Gasteiger partial charge in [-0.05, 0) is 38.1 Å². The van der Waals surface area contributed by atoms with Crippen LogP contribution in [0.15, 0.2) is 24.3 Å². The van der Waals surface area contributed by atoms with E-state index < -0.39 is 5.97 Å². The molecule has 0 aliphatic carbocycles. The number of nitrogens with one attached hydrogen (secondary N) is 1. The average Bonchev–Trinajstić information content (AvgIpc) is 2.81. The van der Waals surface area contributed by atoms with Gasteiger partial charge in [0.1, 0.15) is 5.75 Å². The molecule has 0 radical (unpaired) electrons. The number of nitrogens with zero attached hydrogens (tertiary/aromatic N) is 1. The van der Waals surface area contributed by atoms with Crippen molar-refractivity contribution >= 4 is 28.1 Å². The molecule has 0 atom stereocenters. The molecule has 0 saturated heterocycles. The monoisotopic (exact) mass is 292 g/mol. The summed E-state index contributed by atoms with van der Waals surface area (Å²) in [5.74, 6) is 0.405. The Morgan fingerprint density at radius 1 is 1.35 bits per heavy atom. The molecule has 0 spiro atoms.